The highest BCUT2D eigenvalue weighted by molar-refractivity contribution is 7.91. The molecule has 0 unspecified atom stereocenters. The number of hydrogen-bond acceptors (Lipinski definition) is 5. The quantitative estimate of drug-likeness (QED) is 0.629. The van der Waals surface area contributed by atoms with Crippen molar-refractivity contribution in [3.63, 3.8) is 0 Å². The molecule has 0 saturated heterocycles. The van der Waals surface area contributed by atoms with Crippen molar-refractivity contribution in [2.24, 2.45) is 0 Å². The number of hydrogen-bond donors (Lipinski definition) is 2. The number of aliphatic hydroxyl groups is 1. The summed E-state index contributed by atoms with van der Waals surface area (Å²) >= 11 is 0. The number of rotatable bonds is 6. The number of benzene rings is 3. The van der Waals surface area contributed by atoms with E-state index in [0.29, 0.717) is 5.69 Å². The van der Waals surface area contributed by atoms with Crippen molar-refractivity contribution in [2.45, 2.75) is 10.8 Å². The molecule has 154 valence electrons. The molecule has 6 nitrogen and oxygen atoms in total. The van der Waals surface area contributed by atoms with Crippen LogP contribution >= 0.6 is 0 Å². The maximum Gasteiger partial charge on any atom is 0.411 e. The average molecular weight is 423 g/mol. The summed E-state index contributed by atoms with van der Waals surface area (Å²) in [7, 11) is -3.53. The Kier molecular flexibility index (Phi) is 5.57. The molecule has 0 saturated carbocycles. The van der Waals surface area contributed by atoms with Gasteiger partial charge in [-0.25, -0.2) is 13.2 Å². The van der Waals surface area contributed by atoms with E-state index in [0.717, 1.165) is 22.3 Å². The average Bonchev–Trinajstić information content (AvgIpc) is 3.06. The lowest BCUT2D eigenvalue weighted by molar-refractivity contribution is 0.158. The standard InChI is InChI=1S/C23H21NO5S/c25-13-14-30(27,28)17-11-9-16(10-12-17)24-23(26)29-15-22-20-7-3-1-5-18(20)19-6-2-4-8-21(19)22/h1-12,22,25H,13-15H2,(H,24,26). The van der Waals surface area contributed by atoms with Gasteiger partial charge in [0.15, 0.2) is 9.84 Å². The molecule has 0 aliphatic heterocycles. The minimum Gasteiger partial charge on any atom is -0.448 e. The topological polar surface area (TPSA) is 92.7 Å². The van der Waals surface area contributed by atoms with Crippen LogP contribution in [-0.2, 0) is 14.6 Å². The Morgan fingerprint density at radius 1 is 0.900 bits per heavy atom. The summed E-state index contributed by atoms with van der Waals surface area (Å²) in [5.74, 6) is -0.374. The first-order valence-corrected chi connectivity index (χ1v) is 11.2. The lowest BCUT2D eigenvalue weighted by atomic mass is 9.98. The van der Waals surface area contributed by atoms with E-state index in [2.05, 4.69) is 17.4 Å². The number of nitrogens with one attached hydrogen (secondary N) is 1. The predicted octanol–water partition coefficient (Wildman–Crippen LogP) is 3.81. The number of carbonyl (C=O) groups excluding carboxylic acids is 1. The highest BCUT2D eigenvalue weighted by Gasteiger charge is 2.29. The van der Waals surface area contributed by atoms with Gasteiger partial charge in [-0.05, 0) is 46.5 Å². The van der Waals surface area contributed by atoms with Crippen LogP contribution in [0.1, 0.15) is 17.0 Å². The van der Waals surface area contributed by atoms with Crippen molar-refractivity contribution in [2.75, 3.05) is 24.3 Å². The Balaban J connectivity index is 1.42. The molecule has 1 aliphatic rings. The van der Waals surface area contributed by atoms with E-state index in [-0.39, 0.29) is 23.2 Å². The van der Waals surface area contributed by atoms with E-state index in [1.54, 1.807) is 0 Å². The highest BCUT2D eigenvalue weighted by Crippen LogP contribution is 2.44. The smallest absolute Gasteiger partial charge is 0.411 e. The zero-order valence-corrected chi connectivity index (χ0v) is 16.9. The number of aliphatic hydroxyl groups excluding tert-OH is 1. The fourth-order valence-electron chi connectivity index (χ4n) is 3.74. The Hall–Kier alpha value is -3.16. The Bertz CT molecular complexity index is 1130. The lowest BCUT2D eigenvalue weighted by Gasteiger charge is -2.14. The SMILES string of the molecule is O=C(Nc1ccc(S(=O)(=O)CCO)cc1)OCC1c2ccccc2-c2ccccc21. The van der Waals surface area contributed by atoms with Crippen molar-refractivity contribution in [1.82, 2.24) is 0 Å². The molecule has 0 bridgehead atoms. The molecule has 0 fully saturated rings. The Labute approximate surface area is 175 Å². The number of carbonyl (C=O) groups is 1. The van der Waals surface area contributed by atoms with Crippen LogP contribution in [0.5, 0.6) is 0 Å². The molecule has 2 N–H and O–H groups in total. The first-order valence-electron chi connectivity index (χ1n) is 9.55. The number of anilines is 1. The summed E-state index contributed by atoms with van der Waals surface area (Å²) in [6.07, 6.45) is -0.608. The van der Waals surface area contributed by atoms with Crippen molar-refractivity contribution in [1.29, 1.82) is 0 Å². The normalized spacial score (nSPS) is 12.8. The van der Waals surface area contributed by atoms with E-state index in [1.807, 2.05) is 36.4 Å². The second kappa shape index (κ2) is 8.30. The minimum absolute atomic E-state index is 0.0332. The van der Waals surface area contributed by atoms with E-state index in [1.165, 1.54) is 24.3 Å². The molecule has 30 heavy (non-hydrogen) atoms. The van der Waals surface area contributed by atoms with Crippen molar-refractivity contribution in [3.8, 4) is 11.1 Å². The van der Waals surface area contributed by atoms with E-state index in [4.69, 9.17) is 9.84 Å². The number of fused-ring (bicyclic) bond motifs is 3. The molecule has 0 atom stereocenters. The molecule has 4 rings (SSSR count). The van der Waals surface area contributed by atoms with Gasteiger partial charge in [0, 0.05) is 11.6 Å². The van der Waals surface area contributed by atoms with Gasteiger partial charge in [-0.3, -0.25) is 5.32 Å². The van der Waals surface area contributed by atoms with Crippen LogP contribution in [-0.4, -0.2) is 38.6 Å². The fraction of sp³-hybridized carbons (Fsp3) is 0.174. The van der Waals surface area contributed by atoms with Crippen LogP contribution in [0, 0.1) is 0 Å². The molecule has 7 heteroatoms. The third-order valence-electron chi connectivity index (χ3n) is 5.16. The highest BCUT2D eigenvalue weighted by atomic mass is 32.2. The molecule has 1 amide bonds. The monoisotopic (exact) mass is 423 g/mol. The number of ether oxygens (including phenoxy) is 1. The molecule has 3 aromatic rings. The van der Waals surface area contributed by atoms with Gasteiger partial charge in [0.2, 0.25) is 0 Å². The van der Waals surface area contributed by atoms with Crippen LogP contribution in [0.25, 0.3) is 11.1 Å². The maximum absolute atomic E-state index is 12.3. The van der Waals surface area contributed by atoms with Gasteiger partial charge in [-0.1, -0.05) is 48.5 Å². The van der Waals surface area contributed by atoms with Crippen molar-refractivity contribution < 1.29 is 23.1 Å². The molecule has 0 aromatic heterocycles. The largest absolute Gasteiger partial charge is 0.448 e. The van der Waals surface area contributed by atoms with Gasteiger partial charge >= 0.3 is 6.09 Å². The van der Waals surface area contributed by atoms with Gasteiger partial charge in [0.1, 0.15) is 6.61 Å². The Morgan fingerprint density at radius 2 is 1.47 bits per heavy atom. The van der Waals surface area contributed by atoms with E-state index < -0.39 is 22.5 Å². The summed E-state index contributed by atoms with van der Waals surface area (Å²) in [6, 6.07) is 22.0. The van der Waals surface area contributed by atoms with Crippen molar-refractivity contribution >= 4 is 21.6 Å². The molecule has 0 spiro atoms. The zero-order chi connectivity index (χ0) is 21.1. The second-order valence-corrected chi connectivity index (χ2v) is 9.13. The third-order valence-corrected chi connectivity index (χ3v) is 6.87. The molecule has 1 aliphatic carbocycles. The number of amides is 1. The van der Waals surface area contributed by atoms with Gasteiger partial charge in [-0.15, -0.1) is 0 Å². The molecule has 0 radical (unpaired) electrons. The van der Waals surface area contributed by atoms with E-state index >= 15 is 0 Å². The van der Waals surface area contributed by atoms with E-state index in [9.17, 15) is 13.2 Å². The third kappa shape index (κ3) is 3.94. The van der Waals surface area contributed by atoms with Gasteiger partial charge in [0.25, 0.3) is 0 Å². The second-order valence-electron chi connectivity index (χ2n) is 7.02. The van der Waals surface area contributed by atoms with Crippen LogP contribution in [0.4, 0.5) is 10.5 Å². The van der Waals surface area contributed by atoms with Crippen LogP contribution in [0.2, 0.25) is 0 Å². The summed E-state index contributed by atoms with van der Waals surface area (Å²) in [4.78, 5) is 12.4. The summed E-state index contributed by atoms with van der Waals surface area (Å²) in [5.41, 5.74) is 4.99. The summed E-state index contributed by atoms with van der Waals surface area (Å²) in [6.45, 7) is -0.245. The first-order chi connectivity index (χ1) is 14.5. The predicted molar refractivity (Wildman–Crippen MR) is 114 cm³/mol. The summed E-state index contributed by atoms with van der Waals surface area (Å²) < 4.78 is 29.4. The van der Waals surface area contributed by atoms with Gasteiger partial charge in [0.05, 0.1) is 17.3 Å². The van der Waals surface area contributed by atoms with Crippen LogP contribution in [0.3, 0.4) is 0 Å². The lowest BCUT2D eigenvalue weighted by Crippen LogP contribution is -2.18. The first kappa shape index (κ1) is 20.1. The molecule has 3 aromatic carbocycles. The van der Waals surface area contributed by atoms with Crippen molar-refractivity contribution in [3.05, 3.63) is 83.9 Å². The Morgan fingerprint density at radius 3 is 2.03 bits per heavy atom. The molecular weight excluding hydrogens is 402 g/mol. The molecular formula is C23H21NO5S. The molecule has 0 heterocycles. The van der Waals surface area contributed by atoms with Gasteiger partial charge in [-0.2, -0.15) is 0 Å². The van der Waals surface area contributed by atoms with Crippen LogP contribution in [0.15, 0.2) is 77.7 Å². The summed E-state index contributed by atoms with van der Waals surface area (Å²) in [5, 5.41) is 11.5. The van der Waals surface area contributed by atoms with Gasteiger partial charge < -0.3 is 9.84 Å². The maximum atomic E-state index is 12.3. The number of sulfone groups is 1. The van der Waals surface area contributed by atoms with Crippen LogP contribution < -0.4 is 5.32 Å². The fourth-order valence-corrected chi connectivity index (χ4v) is 4.76. The minimum atomic E-state index is -3.53. The zero-order valence-electron chi connectivity index (χ0n) is 16.1.